The van der Waals surface area contributed by atoms with Gasteiger partial charge in [-0.3, -0.25) is 9.69 Å². The molecule has 1 fully saturated rings. The maximum Gasteiger partial charge on any atom is 0.236 e. The number of allylic oxidation sites excluding steroid dienone is 5. The van der Waals surface area contributed by atoms with Crippen molar-refractivity contribution in [3.8, 4) is 0 Å². The lowest BCUT2D eigenvalue weighted by molar-refractivity contribution is -0.120. The fourth-order valence-electron chi connectivity index (χ4n) is 5.25. The van der Waals surface area contributed by atoms with E-state index >= 15 is 0 Å². The van der Waals surface area contributed by atoms with Gasteiger partial charge in [-0.05, 0) is 64.7 Å². The number of fused-ring (bicyclic) bond motifs is 2. The van der Waals surface area contributed by atoms with Crippen molar-refractivity contribution in [1.82, 2.24) is 0 Å². The molecule has 0 N–H and O–H groups in total. The van der Waals surface area contributed by atoms with Crippen molar-refractivity contribution in [2.45, 2.75) is 11.8 Å². The van der Waals surface area contributed by atoms with Crippen LogP contribution in [0.2, 0.25) is 5.02 Å². The average molecular weight is 396 g/mol. The van der Waals surface area contributed by atoms with Gasteiger partial charge in [0.2, 0.25) is 5.91 Å². The minimum atomic E-state index is -0.431. The highest BCUT2D eigenvalue weighted by molar-refractivity contribution is 6.30. The minimum absolute atomic E-state index is 0.132. The molecule has 3 aromatic carbocycles. The molecule has 1 saturated heterocycles. The van der Waals surface area contributed by atoms with Gasteiger partial charge in [0.05, 0.1) is 11.3 Å². The van der Waals surface area contributed by atoms with Crippen molar-refractivity contribution in [2.24, 2.45) is 5.92 Å². The molecule has 0 aromatic heterocycles. The van der Waals surface area contributed by atoms with Crippen molar-refractivity contribution in [3.63, 3.8) is 0 Å². The van der Waals surface area contributed by atoms with E-state index in [2.05, 4.69) is 54.6 Å². The maximum absolute atomic E-state index is 13.7. The SMILES string of the molecule is O=C1C2Cc3cc4ccccc4cc3C23C=CC=CC=C3N1c1ccc(Cl)cc1. The number of halogens is 1. The first-order valence-corrected chi connectivity index (χ1v) is 10.2. The Morgan fingerprint density at radius 3 is 2.48 bits per heavy atom. The van der Waals surface area contributed by atoms with Crippen molar-refractivity contribution in [3.05, 3.63) is 113 Å². The fourth-order valence-corrected chi connectivity index (χ4v) is 5.37. The predicted octanol–water partition coefficient (Wildman–Crippen LogP) is 5.96. The highest BCUT2D eigenvalue weighted by atomic mass is 35.5. The zero-order valence-electron chi connectivity index (χ0n) is 15.7. The lowest BCUT2D eigenvalue weighted by atomic mass is 9.74. The summed E-state index contributed by atoms with van der Waals surface area (Å²) in [6, 6.07) is 20.5. The summed E-state index contributed by atoms with van der Waals surface area (Å²) in [5, 5.41) is 3.11. The minimum Gasteiger partial charge on any atom is -0.283 e. The summed E-state index contributed by atoms with van der Waals surface area (Å²) in [7, 11) is 0. The quantitative estimate of drug-likeness (QED) is 0.497. The Kier molecular flexibility index (Phi) is 3.45. The topological polar surface area (TPSA) is 20.3 Å². The molecule has 1 spiro atoms. The molecule has 6 rings (SSSR count). The Morgan fingerprint density at radius 1 is 0.931 bits per heavy atom. The fraction of sp³-hybridized carbons (Fsp3) is 0.115. The summed E-state index contributed by atoms with van der Waals surface area (Å²) < 4.78 is 0. The van der Waals surface area contributed by atoms with Crippen LogP contribution in [0.4, 0.5) is 5.69 Å². The van der Waals surface area contributed by atoms with Crippen molar-refractivity contribution in [1.29, 1.82) is 0 Å². The molecule has 1 amide bonds. The molecule has 1 aliphatic heterocycles. The summed E-state index contributed by atoms with van der Waals surface area (Å²) >= 11 is 6.09. The maximum atomic E-state index is 13.7. The molecule has 29 heavy (non-hydrogen) atoms. The van der Waals surface area contributed by atoms with E-state index in [0.717, 1.165) is 17.8 Å². The number of hydrogen-bond acceptors (Lipinski definition) is 1. The zero-order valence-corrected chi connectivity index (χ0v) is 16.4. The summed E-state index contributed by atoms with van der Waals surface area (Å²) in [5.41, 5.74) is 3.98. The molecular formula is C26H18ClNO. The molecule has 2 aliphatic carbocycles. The van der Waals surface area contributed by atoms with Crippen LogP contribution >= 0.6 is 11.6 Å². The second kappa shape index (κ2) is 5.95. The molecule has 3 aromatic rings. The first kappa shape index (κ1) is 16.8. The molecule has 0 saturated carbocycles. The van der Waals surface area contributed by atoms with E-state index in [1.807, 2.05) is 41.3 Å². The van der Waals surface area contributed by atoms with Crippen molar-refractivity contribution < 1.29 is 4.79 Å². The number of nitrogens with zero attached hydrogens (tertiary/aromatic N) is 1. The van der Waals surface area contributed by atoms with Crippen molar-refractivity contribution in [2.75, 3.05) is 4.90 Å². The smallest absolute Gasteiger partial charge is 0.236 e. The highest BCUT2D eigenvalue weighted by Gasteiger charge is 2.59. The second-order valence-electron chi connectivity index (χ2n) is 7.93. The highest BCUT2D eigenvalue weighted by Crippen LogP contribution is 2.57. The van der Waals surface area contributed by atoms with Crippen LogP contribution in [0.3, 0.4) is 0 Å². The van der Waals surface area contributed by atoms with Gasteiger partial charge in [0.1, 0.15) is 0 Å². The Labute approximate surface area is 174 Å². The largest absolute Gasteiger partial charge is 0.283 e. The molecule has 3 aliphatic rings. The number of rotatable bonds is 1. The lowest BCUT2D eigenvalue weighted by Crippen LogP contribution is -2.28. The van der Waals surface area contributed by atoms with E-state index in [0.29, 0.717) is 5.02 Å². The predicted molar refractivity (Wildman–Crippen MR) is 118 cm³/mol. The van der Waals surface area contributed by atoms with Crippen molar-refractivity contribution >= 4 is 34.0 Å². The van der Waals surface area contributed by atoms with Crippen LogP contribution in [0, 0.1) is 5.92 Å². The molecule has 0 bridgehead atoms. The number of hydrogen-bond donors (Lipinski definition) is 0. The van der Waals surface area contributed by atoms with Gasteiger partial charge in [-0.15, -0.1) is 0 Å². The van der Waals surface area contributed by atoms with E-state index < -0.39 is 5.41 Å². The summed E-state index contributed by atoms with van der Waals surface area (Å²) in [6.45, 7) is 0. The zero-order chi connectivity index (χ0) is 19.6. The monoisotopic (exact) mass is 395 g/mol. The molecule has 140 valence electrons. The van der Waals surface area contributed by atoms with Gasteiger partial charge in [0.25, 0.3) is 0 Å². The molecule has 0 radical (unpaired) electrons. The Balaban J connectivity index is 1.61. The normalized spacial score (nSPS) is 24.3. The standard InChI is InChI=1S/C26H18ClNO/c27-20-9-11-21(12-10-20)28-24-8-2-1-5-13-26(24)22-15-18-7-4-3-6-17(18)14-19(22)16-23(26)25(28)29/h1-15,23H,16H2. The van der Waals surface area contributed by atoms with E-state index in [-0.39, 0.29) is 11.8 Å². The Morgan fingerprint density at radius 2 is 1.69 bits per heavy atom. The number of carbonyl (C=O) groups is 1. The van der Waals surface area contributed by atoms with E-state index in [4.69, 9.17) is 11.6 Å². The molecule has 3 heteroatoms. The van der Waals surface area contributed by atoms with Gasteiger partial charge in [0.15, 0.2) is 0 Å². The van der Waals surface area contributed by atoms with Crippen LogP contribution in [0.1, 0.15) is 11.1 Å². The van der Waals surface area contributed by atoms with Crippen LogP contribution in [-0.4, -0.2) is 5.91 Å². The number of carbonyl (C=O) groups excluding carboxylic acids is 1. The van der Waals surface area contributed by atoms with Gasteiger partial charge < -0.3 is 0 Å². The number of anilines is 1. The third-order valence-corrected chi connectivity index (χ3v) is 6.75. The summed E-state index contributed by atoms with van der Waals surface area (Å²) in [4.78, 5) is 15.6. The number of benzene rings is 3. The molecular weight excluding hydrogens is 378 g/mol. The van der Waals surface area contributed by atoms with Crippen LogP contribution in [0.5, 0.6) is 0 Å². The first-order valence-electron chi connectivity index (χ1n) is 9.87. The summed E-state index contributed by atoms with van der Waals surface area (Å²) in [6.07, 6.45) is 11.2. The van der Waals surface area contributed by atoms with E-state index in [1.54, 1.807) is 0 Å². The van der Waals surface area contributed by atoms with E-state index in [1.165, 1.54) is 21.9 Å². The van der Waals surface area contributed by atoms with Gasteiger partial charge in [-0.2, -0.15) is 0 Å². The molecule has 2 nitrogen and oxygen atoms in total. The van der Waals surface area contributed by atoms with Gasteiger partial charge in [-0.25, -0.2) is 0 Å². The lowest BCUT2D eigenvalue weighted by Gasteiger charge is -2.29. The van der Waals surface area contributed by atoms with Gasteiger partial charge in [0, 0.05) is 16.4 Å². The van der Waals surface area contributed by atoms with Crippen LogP contribution in [-0.2, 0) is 16.6 Å². The third kappa shape index (κ3) is 2.21. The molecule has 2 atom stereocenters. The van der Waals surface area contributed by atoms with Crippen LogP contribution in [0.15, 0.2) is 96.7 Å². The van der Waals surface area contributed by atoms with Crippen LogP contribution < -0.4 is 4.90 Å². The molecule has 1 heterocycles. The second-order valence-corrected chi connectivity index (χ2v) is 8.36. The summed E-state index contributed by atoms with van der Waals surface area (Å²) in [5.74, 6) is 0.0196. The first-order chi connectivity index (χ1) is 14.2. The number of amides is 1. The Hall–Kier alpha value is -3.10. The Bertz CT molecular complexity index is 1270. The van der Waals surface area contributed by atoms with Crippen LogP contribution in [0.25, 0.3) is 10.8 Å². The average Bonchev–Trinajstić information content (AvgIpc) is 3.04. The third-order valence-electron chi connectivity index (χ3n) is 6.49. The van der Waals surface area contributed by atoms with Gasteiger partial charge in [-0.1, -0.05) is 66.2 Å². The molecule has 2 unspecified atom stereocenters. The van der Waals surface area contributed by atoms with E-state index in [9.17, 15) is 4.79 Å². The van der Waals surface area contributed by atoms with Gasteiger partial charge >= 0.3 is 0 Å².